The van der Waals surface area contributed by atoms with Crippen LogP contribution in [0.5, 0.6) is 0 Å². The van der Waals surface area contributed by atoms with E-state index < -0.39 is 26.5 Å². The van der Waals surface area contributed by atoms with Gasteiger partial charge in [0.15, 0.2) is 6.10 Å². The first kappa shape index (κ1) is 54.8. The van der Waals surface area contributed by atoms with Gasteiger partial charge in [0, 0.05) is 20.0 Å². The Labute approximate surface area is 346 Å². The number of allylic oxidation sites excluding steroid dienone is 2. The molecule has 0 radical (unpaired) electrons. The van der Waals surface area contributed by atoms with Crippen LogP contribution < -0.4 is 0 Å². The van der Waals surface area contributed by atoms with E-state index in [1.165, 1.54) is 167 Å². The zero-order chi connectivity index (χ0) is 41.1. The molecule has 0 spiro atoms. The summed E-state index contributed by atoms with van der Waals surface area (Å²) in [7, 11) is -3.19. The van der Waals surface area contributed by atoms with E-state index in [1.807, 2.05) is 0 Å². The van der Waals surface area contributed by atoms with Gasteiger partial charge in [-0.2, -0.15) is 0 Å². The minimum Gasteiger partial charge on any atom is -0.462 e. The van der Waals surface area contributed by atoms with Crippen LogP contribution in [-0.2, 0) is 32.7 Å². The van der Waals surface area contributed by atoms with Crippen LogP contribution in [0.15, 0.2) is 12.2 Å². The van der Waals surface area contributed by atoms with Crippen LogP contribution in [0.3, 0.4) is 0 Å². The van der Waals surface area contributed by atoms with Crippen molar-refractivity contribution in [3.8, 4) is 0 Å². The van der Waals surface area contributed by atoms with E-state index in [0.29, 0.717) is 12.8 Å². The van der Waals surface area contributed by atoms with E-state index in [1.54, 1.807) is 0 Å². The SMILES string of the molecule is CCCCCCCC/C=C\CCCCCCCC(=O)OC(COC(=O)CCCCCCCCCCCCCCCCCCCCCCCC)COP(=O)(O)OC. The molecule has 9 heteroatoms. The largest absolute Gasteiger partial charge is 0.472 e. The molecule has 2 unspecified atom stereocenters. The lowest BCUT2D eigenvalue weighted by molar-refractivity contribution is -0.161. The Hall–Kier alpha value is -1.21. The van der Waals surface area contributed by atoms with Crippen LogP contribution in [0.2, 0.25) is 0 Å². The Morgan fingerprint density at radius 1 is 0.482 bits per heavy atom. The van der Waals surface area contributed by atoms with Crippen LogP contribution >= 0.6 is 7.82 Å². The molecule has 0 saturated carbocycles. The molecular formula is C47H91O8P. The number of unbranched alkanes of at least 4 members (excludes halogenated alkanes) is 32. The lowest BCUT2D eigenvalue weighted by atomic mass is 10.0. The van der Waals surface area contributed by atoms with Gasteiger partial charge in [0.2, 0.25) is 0 Å². The predicted octanol–water partition coefficient (Wildman–Crippen LogP) is 15.2. The quantitative estimate of drug-likeness (QED) is 0.0280. The number of hydrogen-bond acceptors (Lipinski definition) is 7. The van der Waals surface area contributed by atoms with Crippen molar-refractivity contribution < 1.29 is 37.6 Å². The summed E-state index contributed by atoms with van der Waals surface area (Å²) in [6.45, 7) is 3.91. The minimum atomic E-state index is -4.26. The van der Waals surface area contributed by atoms with Crippen molar-refractivity contribution in [2.24, 2.45) is 0 Å². The van der Waals surface area contributed by atoms with E-state index in [9.17, 15) is 19.0 Å². The molecular weight excluding hydrogens is 723 g/mol. The molecule has 0 aromatic heterocycles. The first-order chi connectivity index (χ1) is 27.3. The van der Waals surface area contributed by atoms with Gasteiger partial charge < -0.3 is 14.4 Å². The minimum absolute atomic E-state index is 0.222. The Morgan fingerprint density at radius 3 is 1.16 bits per heavy atom. The fraction of sp³-hybridized carbons (Fsp3) is 0.915. The predicted molar refractivity (Wildman–Crippen MR) is 235 cm³/mol. The van der Waals surface area contributed by atoms with Crippen LogP contribution in [0.4, 0.5) is 0 Å². The number of phosphoric acid groups is 1. The van der Waals surface area contributed by atoms with Crippen molar-refractivity contribution in [3.63, 3.8) is 0 Å². The molecule has 0 saturated heterocycles. The highest BCUT2D eigenvalue weighted by Gasteiger charge is 2.24. The first-order valence-electron chi connectivity index (χ1n) is 23.9. The number of hydrogen-bond donors (Lipinski definition) is 1. The molecule has 0 fully saturated rings. The normalized spacial score (nSPS) is 13.3. The number of ether oxygens (including phenoxy) is 2. The molecule has 0 amide bonds. The summed E-state index contributed by atoms with van der Waals surface area (Å²) in [6.07, 6.45) is 48.5. The summed E-state index contributed by atoms with van der Waals surface area (Å²) >= 11 is 0. The molecule has 0 bridgehead atoms. The lowest BCUT2D eigenvalue weighted by Gasteiger charge is -2.19. The third-order valence-electron chi connectivity index (χ3n) is 10.8. The second kappa shape index (κ2) is 43.4. The molecule has 0 aromatic carbocycles. The van der Waals surface area contributed by atoms with Crippen molar-refractivity contribution >= 4 is 19.8 Å². The standard InChI is InChI=1S/C47H91O8P/c1-4-6-8-10-12-14-16-18-20-21-22-23-24-25-26-28-29-31-33-35-37-39-41-46(48)53-43-45(44-54-56(50,51)52-3)55-47(49)42-40-38-36-34-32-30-27-19-17-15-13-11-9-7-5-2/h19,27,45H,4-18,20-26,28-44H2,1-3H3,(H,50,51)/b27-19-. The van der Waals surface area contributed by atoms with Crippen molar-refractivity contribution in [3.05, 3.63) is 12.2 Å². The lowest BCUT2D eigenvalue weighted by Crippen LogP contribution is -2.29. The maximum absolute atomic E-state index is 12.5. The highest BCUT2D eigenvalue weighted by molar-refractivity contribution is 7.47. The van der Waals surface area contributed by atoms with Gasteiger partial charge in [0.25, 0.3) is 0 Å². The molecule has 0 aliphatic rings. The molecule has 0 aliphatic heterocycles. The second-order valence-corrected chi connectivity index (χ2v) is 17.8. The summed E-state index contributed by atoms with van der Waals surface area (Å²) in [5.74, 6) is -0.799. The van der Waals surface area contributed by atoms with Crippen LogP contribution in [0.25, 0.3) is 0 Å². The zero-order valence-corrected chi connectivity index (χ0v) is 38.0. The van der Waals surface area contributed by atoms with E-state index in [-0.39, 0.29) is 19.0 Å². The van der Waals surface area contributed by atoms with Gasteiger partial charge in [-0.15, -0.1) is 0 Å². The molecule has 332 valence electrons. The monoisotopic (exact) mass is 815 g/mol. The van der Waals surface area contributed by atoms with Crippen LogP contribution in [0.1, 0.15) is 251 Å². The van der Waals surface area contributed by atoms with E-state index in [4.69, 9.17) is 14.0 Å². The molecule has 2 atom stereocenters. The molecule has 56 heavy (non-hydrogen) atoms. The summed E-state index contributed by atoms with van der Waals surface area (Å²) in [5, 5.41) is 0. The third kappa shape index (κ3) is 42.4. The highest BCUT2D eigenvalue weighted by Crippen LogP contribution is 2.42. The average molecular weight is 815 g/mol. The fourth-order valence-corrected chi connectivity index (χ4v) is 7.53. The van der Waals surface area contributed by atoms with Gasteiger partial charge in [0.1, 0.15) is 6.61 Å². The number of carbonyl (C=O) groups is 2. The van der Waals surface area contributed by atoms with E-state index >= 15 is 0 Å². The van der Waals surface area contributed by atoms with Gasteiger partial charge in [-0.05, 0) is 38.5 Å². The first-order valence-corrected chi connectivity index (χ1v) is 25.4. The highest BCUT2D eigenvalue weighted by atomic mass is 31.2. The van der Waals surface area contributed by atoms with Gasteiger partial charge in [0.05, 0.1) is 6.61 Å². The van der Waals surface area contributed by atoms with Crippen molar-refractivity contribution in [2.75, 3.05) is 20.3 Å². The summed E-state index contributed by atoms with van der Waals surface area (Å²) in [6, 6.07) is 0. The van der Waals surface area contributed by atoms with Gasteiger partial charge >= 0.3 is 19.8 Å². The average Bonchev–Trinajstić information content (AvgIpc) is 3.19. The molecule has 0 rings (SSSR count). The van der Waals surface area contributed by atoms with Crippen molar-refractivity contribution in [1.29, 1.82) is 0 Å². The zero-order valence-electron chi connectivity index (χ0n) is 37.1. The van der Waals surface area contributed by atoms with Crippen molar-refractivity contribution in [1.82, 2.24) is 0 Å². The maximum atomic E-state index is 12.5. The number of carbonyl (C=O) groups excluding carboxylic acids is 2. The summed E-state index contributed by atoms with van der Waals surface area (Å²) in [5.41, 5.74) is 0. The van der Waals surface area contributed by atoms with Gasteiger partial charge in [-0.3, -0.25) is 18.6 Å². The summed E-state index contributed by atoms with van der Waals surface area (Å²) in [4.78, 5) is 34.5. The Morgan fingerprint density at radius 2 is 0.804 bits per heavy atom. The number of rotatable bonds is 45. The topological polar surface area (TPSA) is 108 Å². The van der Waals surface area contributed by atoms with Crippen molar-refractivity contribution in [2.45, 2.75) is 258 Å². The van der Waals surface area contributed by atoms with Crippen LogP contribution in [-0.4, -0.2) is 43.3 Å². The summed E-state index contributed by atoms with van der Waals surface area (Å²) < 4.78 is 32.1. The molecule has 0 aromatic rings. The Bertz CT molecular complexity index is 926. The maximum Gasteiger partial charge on any atom is 0.472 e. The second-order valence-electron chi connectivity index (χ2n) is 16.3. The molecule has 0 aliphatic carbocycles. The smallest absolute Gasteiger partial charge is 0.462 e. The number of esters is 2. The molecule has 8 nitrogen and oxygen atoms in total. The molecule has 0 heterocycles. The van der Waals surface area contributed by atoms with Gasteiger partial charge in [-0.25, -0.2) is 4.57 Å². The van der Waals surface area contributed by atoms with Crippen LogP contribution in [0, 0.1) is 0 Å². The Kier molecular flexibility index (Phi) is 42.4. The van der Waals surface area contributed by atoms with E-state index in [2.05, 4.69) is 30.5 Å². The van der Waals surface area contributed by atoms with Gasteiger partial charge in [-0.1, -0.05) is 212 Å². The molecule has 1 N–H and O–H groups in total. The van der Waals surface area contributed by atoms with E-state index in [0.717, 1.165) is 58.5 Å². The Balaban J connectivity index is 3.87. The number of phosphoric ester groups is 1. The third-order valence-corrected chi connectivity index (χ3v) is 11.7. The fourth-order valence-electron chi connectivity index (χ4n) is 7.07.